The zero-order valence-electron chi connectivity index (χ0n) is 16.4. The summed E-state index contributed by atoms with van der Waals surface area (Å²) in [6.45, 7) is 7.14. The van der Waals surface area contributed by atoms with Crippen molar-refractivity contribution in [1.29, 1.82) is 0 Å². The van der Waals surface area contributed by atoms with Crippen LogP contribution in [0.1, 0.15) is 11.1 Å². The molecule has 152 valence electrons. The van der Waals surface area contributed by atoms with E-state index in [1.165, 1.54) is 21.9 Å². The molecule has 0 bridgehead atoms. The molecule has 0 radical (unpaired) electrons. The maximum absolute atomic E-state index is 12.6. The van der Waals surface area contributed by atoms with Crippen LogP contribution in [0.15, 0.2) is 23.0 Å². The summed E-state index contributed by atoms with van der Waals surface area (Å²) in [5, 5.41) is 11.3. The first-order chi connectivity index (χ1) is 14.0. The molecule has 0 atom stereocenters. The fourth-order valence-corrected chi connectivity index (χ4v) is 4.35. The van der Waals surface area contributed by atoms with E-state index in [0.29, 0.717) is 21.5 Å². The Kier molecular flexibility index (Phi) is 5.31. The molecule has 1 aliphatic heterocycles. The van der Waals surface area contributed by atoms with Crippen LogP contribution < -0.4 is 26.8 Å². The lowest BCUT2D eigenvalue weighted by Crippen LogP contribution is -2.44. The minimum Gasteiger partial charge on any atom is -0.354 e. The van der Waals surface area contributed by atoms with E-state index in [0.717, 1.165) is 42.9 Å². The van der Waals surface area contributed by atoms with Crippen molar-refractivity contribution >= 4 is 33.7 Å². The lowest BCUT2D eigenvalue weighted by molar-refractivity contribution is -0.114. The number of benzene rings is 1. The number of aromatic nitrogens is 3. The Bertz CT molecular complexity index is 1130. The number of rotatable bonds is 4. The Morgan fingerprint density at radius 2 is 2.03 bits per heavy atom. The van der Waals surface area contributed by atoms with E-state index in [-0.39, 0.29) is 18.0 Å². The second-order valence-corrected chi connectivity index (χ2v) is 7.98. The summed E-state index contributed by atoms with van der Waals surface area (Å²) in [7, 11) is 0. The molecule has 9 nitrogen and oxygen atoms in total. The van der Waals surface area contributed by atoms with Crippen LogP contribution in [0.5, 0.6) is 0 Å². The molecule has 1 aliphatic rings. The number of aryl methyl sites for hydroxylation is 1. The van der Waals surface area contributed by atoms with Gasteiger partial charge < -0.3 is 21.3 Å². The number of hydrogen-bond donors (Lipinski definition) is 3. The van der Waals surface area contributed by atoms with Crippen molar-refractivity contribution < 1.29 is 4.79 Å². The molecule has 1 saturated heterocycles. The third kappa shape index (κ3) is 3.86. The van der Waals surface area contributed by atoms with Crippen molar-refractivity contribution in [2.24, 2.45) is 5.73 Å². The minimum atomic E-state index is -0.257. The lowest BCUT2D eigenvalue weighted by Gasteiger charge is -2.27. The van der Waals surface area contributed by atoms with Crippen LogP contribution in [-0.4, -0.2) is 53.2 Å². The highest BCUT2D eigenvalue weighted by atomic mass is 32.1. The number of anilines is 2. The van der Waals surface area contributed by atoms with Gasteiger partial charge >= 0.3 is 0 Å². The van der Waals surface area contributed by atoms with Crippen LogP contribution >= 0.6 is 11.3 Å². The van der Waals surface area contributed by atoms with E-state index in [4.69, 9.17) is 5.73 Å². The van der Waals surface area contributed by atoms with Gasteiger partial charge in [0.05, 0.1) is 6.54 Å². The third-order valence-electron chi connectivity index (χ3n) is 4.91. The molecule has 3 aromatic rings. The summed E-state index contributed by atoms with van der Waals surface area (Å²) in [6, 6.07) is 5.43. The van der Waals surface area contributed by atoms with Crippen molar-refractivity contribution in [3.05, 3.63) is 39.7 Å². The first-order valence-electron chi connectivity index (χ1n) is 9.44. The molecule has 0 spiro atoms. The first-order valence-corrected chi connectivity index (χ1v) is 10.3. The van der Waals surface area contributed by atoms with Gasteiger partial charge in [0, 0.05) is 43.5 Å². The summed E-state index contributed by atoms with van der Waals surface area (Å²) in [5.74, 6) is 0.427. The van der Waals surface area contributed by atoms with Crippen molar-refractivity contribution in [2.45, 2.75) is 13.8 Å². The van der Waals surface area contributed by atoms with Gasteiger partial charge in [0.15, 0.2) is 0 Å². The van der Waals surface area contributed by atoms with Gasteiger partial charge in [-0.2, -0.15) is 9.61 Å². The number of piperazine rings is 1. The number of hydrogen-bond acceptors (Lipinski definition) is 8. The monoisotopic (exact) mass is 413 g/mol. The van der Waals surface area contributed by atoms with Crippen LogP contribution in [0, 0.1) is 13.8 Å². The van der Waals surface area contributed by atoms with Gasteiger partial charge in [0.25, 0.3) is 5.56 Å². The average Bonchev–Trinajstić information content (AvgIpc) is 3.15. The molecule has 3 heterocycles. The number of fused-ring (bicyclic) bond motifs is 1. The van der Waals surface area contributed by atoms with E-state index in [1.807, 2.05) is 26.0 Å². The highest BCUT2D eigenvalue weighted by molar-refractivity contribution is 7.19. The Morgan fingerprint density at radius 3 is 2.76 bits per heavy atom. The molecule has 1 fully saturated rings. The Balaban J connectivity index is 1.77. The summed E-state index contributed by atoms with van der Waals surface area (Å²) < 4.78 is 1.34. The van der Waals surface area contributed by atoms with Crippen molar-refractivity contribution in [1.82, 2.24) is 19.9 Å². The van der Waals surface area contributed by atoms with Gasteiger partial charge in [-0.3, -0.25) is 9.59 Å². The molecule has 29 heavy (non-hydrogen) atoms. The molecule has 2 aromatic heterocycles. The van der Waals surface area contributed by atoms with Crippen LogP contribution in [0.4, 0.5) is 11.5 Å². The number of carbonyl (C=O) groups is 1. The second kappa shape index (κ2) is 7.90. The highest BCUT2D eigenvalue weighted by Crippen LogP contribution is 2.33. The van der Waals surface area contributed by atoms with Crippen LogP contribution in [0.25, 0.3) is 15.5 Å². The predicted molar refractivity (Wildman–Crippen MR) is 115 cm³/mol. The summed E-state index contributed by atoms with van der Waals surface area (Å²) >= 11 is 1.36. The van der Waals surface area contributed by atoms with Gasteiger partial charge in [-0.1, -0.05) is 11.3 Å². The fourth-order valence-electron chi connectivity index (χ4n) is 3.38. The van der Waals surface area contributed by atoms with Crippen molar-refractivity contribution in [3.8, 4) is 10.6 Å². The third-order valence-corrected chi connectivity index (χ3v) is 5.86. The van der Waals surface area contributed by atoms with Gasteiger partial charge in [0.1, 0.15) is 10.8 Å². The largest absolute Gasteiger partial charge is 0.354 e. The zero-order chi connectivity index (χ0) is 20.5. The van der Waals surface area contributed by atoms with E-state index in [9.17, 15) is 9.59 Å². The van der Waals surface area contributed by atoms with Gasteiger partial charge in [0.2, 0.25) is 10.9 Å². The summed E-state index contributed by atoms with van der Waals surface area (Å²) in [5.41, 5.74) is 8.61. The number of amides is 1. The van der Waals surface area contributed by atoms with Crippen LogP contribution in [0.2, 0.25) is 0 Å². The van der Waals surface area contributed by atoms with E-state index in [1.54, 1.807) is 0 Å². The molecule has 4 N–H and O–H groups in total. The Labute approximate surface area is 171 Å². The minimum absolute atomic E-state index is 0.0854. The zero-order valence-corrected chi connectivity index (χ0v) is 17.2. The fraction of sp³-hybridized carbons (Fsp3) is 0.368. The Hall–Kier alpha value is -2.82. The van der Waals surface area contributed by atoms with Gasteiger partial charge in [-0.05, 0) is 37.1 Å². The molecule has 10 heteroatoms. The normalized spacial score (nSPS) is 14.4. The quantitative estimate of drug-likeness (QED) is 0.577. The van der Waals surface area contributed by atoms with Gasteiger partial charge in [-0.15, -0.1) is 0 Å². The predicted octanol–water partition coefficient (Wildman–Crippen LogP) is 0.742. The van der Waals surface area contributed by atoms with Gasteiger partial charge in [-0.25, -0.2) is 4.98 Å². The molecular formula is C19H23N7O2S. The number of nitrogens with one attached hydrogen (secondary N) is 2. The number of nitrogens with two attached hydrogens (primary N) is 1. The molecular weight excluding hydrogens is 390 g/mol. The molecule has 1 amide bonds. The number of carbonyl (C=O) groups excluding carboxylic acids is 1. The van der Waals surface area contributed by atoms with Crippen LogP contribution in [0.3, 0.4) is 0 Å². The molecule has 1 aromatic carbocycles. The molecule has 0 aliphatic carbocycles. The standard InChI is InChI=1S/C19H23N7O2S/c1-11-7-13(12(2)14(8-11)22-16(27)10-20)18-24-26-17(28)9-15(23-19(26)29-18)25-5-3-21-4-6-25/h7-9,21H,3-6,10,20H2,1-2H3,(H,22,27). The number of nitrogens with zero attached hydrogens (tertiary/aromatic N) is 4. The van der Waals surface area contributed by atoms with Crippen molar-refractivity contribution in [3.63, 3.8) is 0 Å². The Morgan fingerprint density at radius 1 is 1.28 bits per heavy atom. The maximum atomic E-state index is 12.6. The lowest BCUT2D eigenvalue weighted by atomic mass is 10.0. The summed E-state index contributed by atoms with van der Waals surface area (Å²) in [4.78, 5) is 31.7. The second-order valence-electron chi connectivity index (χ2n) is 7.03. The van der Waals surface area contributed by atoms with Crippen LogP contribution in [-0.2, 0) is 4.79 Å². The average molecular weight is 414 g/mol. The molecule has 4 rings (SSSR count). The van der Waals surface area contributed by atoms with E-state index >= 15 is 0 Å². The molecule has 0 unspecified atom stereocenters. The summed E-state index contributed by atoms with van der Waals surface area (Å²) in [6.07, 6.45) is 0. The smallest absolute Gasteiger partial charge is 0.277 e. The highest BCUT2D eigenvalue weighted by Gasteiger charge is 2.18. The SMILES string of the molecule is Cc1cc(NC(=O)CN)c(C)c(-c2nn3c(=O)cc(N4CCNCC4)nc3s2)c1. The topological polar surface area (TPSA) is 118 Å². The van der Waals surface area contributed by atoms with E-state index in [2.05, 4.69) is 25.6 Å². The first kappa shape index (κ1) is 19.5. The molecule has 0 saturated carbocycles. The maximum Gasteiger partial charge on any atom is 0.277 e. The van der Waals surface area contributed by atoms with E-state index < -0.39 is 0 Å². The van der Waals surface area contributed by atoms with Crippen molar-refractivity contribution in [2.75, 3.05) is 42.9 Å².